The summed E-state index contributed by atoms with van der Waals surface area (Å²) in [6.45, 7) is 3.66. The van der Waals surface area contributed by atoms with Gasteiger partial charge in [-0.05, 0) is 67.9 Å². The van der Waals surface area contributed by atoms with E-state index in [1.54, 1.807) is 50.4 Å². The van der Waals surface area contributed by atoms with E-state index in [0.717, 1.165) is 5.56 Å². The fraction of sp³-hybridized carbons (Fsp3) is 0.174. The number of primary sulfonamides is 1. The van der Waals surface area contributed by atoms with E-state index in [4.69, 9.17) is 5.14 Å². The van der Waals surface area contributed by atoms with Crippen molar-refractivity contribution in [3.05, 3.63) is 89.5 Å². The van der Waals surface area contributed by atoms with Crippen molar-refractivity contribution in [1.29, 1.82) is 0 Å². The molecule has 3 N–H and O–H groups in total. The fourth-order valence-electron chi connectivity index (χ4n) is 3.17. The van der Waals surface area contributed by atoms with Gasteiger partial charge in [0, 0.05) is 18.3 Å². The number of rotatable bonds is 7. The summed E-state index contributed by atoms with van der Waals surface area (Å²) in [4.78, 5) is 14.4. The number of amides is 1. The summed E-state index contributed by atoms with van der Waals surface area (Å²) < 4.78 is 51.0. The van der Waals surface area contributed by atoms with Gasteiger partial charge in [-0.15, -0.1) is 0 Å². The van der Waals surface area contributed by atoms with Crippen LogP contribution in [-0.2, 0) is 20.0 Å². The number of carbonyl (C=O) groups is 1. The minimum absolute atomic E-state index is 0.0242. The molecule has 0 saturated carbocycles. The molecular weight excluding hydrogens is 462 g/mol. The van der Waals surface area contributed by atoms with Gasteiger partial charge < -0.3 is 4.90 Å². The maximum atomic E-state index is 12.9. The van der Waals surface area contributed by atoms with E-state index in [2.05, 4.69) is 4.72 Å². The molecule has 0 aromatic heterocycles. The molecule has 1 atom stereocenters. The van der Waals surface area contributed by atoms with Crippen LogP contribution in [0.3, 0.4) is 0 Å². The first-order valence-electron chi connectivity index (χ1n) is 9.98. The zero-order valence-electron chi connectivity index (χ0n) is 18.4. The number of hydrogen-bond donors (Lipinski definition) is 2. The second kappa shape index (κ2) is 9.34. The zero-order chi connectivity index (χ0) is 24.4. The van der Waals surface area contributed by atoms with Crippen molar-refractivity contribution in [1.82, 2.24) is 4.90 Å². The van der Waals surface area contributed by atoms with E-state index in [1.165, 1.54) is 41.3 Å². The molecule has 0 radical (unpaired) electrons. The van der Waals surface area contributed by atoms with Gasteiger partial charge in [0.15, 0.2) is 0 Å². The number of nitrogens with zero attached hydrogens (tertiary/aromatic N) is 1. The minimum Gasteiger partial charge on any atom is -0.335 e. The first-order valence-corrected chi connectivity index (χ1v) is 13.0. The maximum absolute atomic E-state index is 12.9. The number of carbonyl (C=O) groups excluding carboxylic acids is 1. The minimum atomic E-state index is -3.87. The molecule has 33 heavy (non-hydrogen) atoms. The average molecular weight is 488 g/mol. The van der Waals surface area contributed by atoms with Crippen molar-refractivity contribution in [3.8, 4) is 0 Å². The van der Waals surface area contributed by atoms with Crippen LogP contribution in [0, 0.1) is 6.92 Å². The van der Waals surface area contributed by atoms with Gasteiger partial charge in [0.05, 0.1) is 15.8 Å². The van der Waals surface area contributed by atoms with Gasteiger partial charge >= 0.3 is 0 Å². The zero-order valence-corrected chi connectivity index (χ0v) is 20.0. The second-order valence-corrected chi connectivity index (χ2v) is 10.9. The molecule has 0 saturated heterocycles. The highest BCUT2D eigenvalue weighted by atomic mass is 32.2. The summed E-state index contributed by atoms with van der Waals surface area (Å²) in [5, 5.41) is 5.19. The van der Waals surface area contributed by atoms with Crippen LogP contribution in [0.15, 0.2) is 82.6 Å². The second-order valence-electron chi connectivity index (χ2n) is 7.71. The van der Waals surface area contributed by atoms with Gasteiger partial charge in [-0.25, -0.2) is 22.0 Å². The average Bonchev–Trinajstić information content (AvgIpc) is 2.78. The van der Waals surface area contributed by atoms with Crippen LogP contribution in [0.2, 0.25) is 0 Å². The number of benzene rings is 3. The lowest BCUT2D eigenvalue weighted by Crippen LogP contribution is -2.30. The summed E-state index contributed by atoms with van der Waals surface area (Å²) in [5.41, 5.74) is 2.34. The van der Waals surface area contributed by atoms with Crippen LogP contribution >= 0.6 is 0 Å². The van der Waals surface area contributed by atoms with Crippen molar-refractivity contribution in [2.75, 3.05) is 11.8 Å². The largest absolute Gasteiger partial charge is 0.335 e. The smallest absolute Gasteiger partial charge is 0.261 e. The van der Waals surface area contributed by atoms with Crippen LogP contribution in [0.4, 0.5) is 5.69 Å². The molecule has 0 aliphatic rings. The van der Waals surface area contributed by atoms with E-state index in [-0.39, 0.29) is 15.7 Å². The Morgan fingerprint density at radius 3 is 2.09 bits per heavy atom. The van der Waals surface area contributed by atoms with Crippen molar-refractivity contribution < 1.29 is 21.6 Å². The van der Waals surface area contributed by atoms with Crippen LogP contribution in [0.1, 0.15) is 34.5 Å². The maximum Gasteiger partial charge on any atom is 0.261 e. The summed E-state index contributed by atoms with van der Waals surface area (Å²) in [7, 11) is -6.09. The highest BCUT2D eigenvalue weighted by Crippen LogP contribution is 2.24. The van der Waals surface area contributed by atoms with Gasteiger partial charge in [-0.3, -0.25) is 9.52 Å². The highest BCUT2D eigenvalue weighted by Gasteiger charge is 2.21. The number of hydrogen-bond acceptors (Lipinski definition) is 5. The van der Waals surface area contributed by atoms with Gasteiger partial charge in [0.1, 0.15) is 0 Å². The molecule has 0 bridgehead atoms. The summed E-state index contributed by atoms with van der Waals surface area (Å²) in [5.74, 6) is -0.348. The first-order chi connectivity index (χ1) is 15.4. The normalized spacial score (nSPS) is 12.7. The number of nitrogens with two attached hydrogens (primary N) is 1. The lowest BCUT2D eigenvalue weighted by Gasteiger charge is -2.26. The lowest BCUT2D eigenvalue weighted by atomic mass is 10.1. The van der Waals surface area contributed by atoms with Gasteiger partial charge in [-0.1, -0.05) is 29.8 Å². The lowest BCUT2D eigenvalue weighted by molar-refractivity contribution is 0.0742. The number of aryl methyl sites for hydroxylation is 1. The predicted octanol–water partition coefficient (Wildman–Crippen LogP) is 3.28. The Balaban J connectivity index is 1.77. The third-order valence-electron chi connectivity index (χ3n) is 5.29. The highest BCUT2D eigenvalue weighted by molar-refractivity contribution is 7.92. The first kappa shape index (κ1) is 24.4. The van der Waals surface area contributed by atoms with Crippen molar-refractivity contribution in [3.63, 3.8) is 0 Å². The van der Waals surface area contributed by atoms with Crippen LogP contribution in [0.25, 0.3) is 0 Å². The van der Waals surface area contributed by atoms with E-state index >= 15 is 0 Å². The van der Waals surface area contributed by atoms with Gasteiger partial charge in [-0.2, -0.15) is 0 Å². The molecule has 1 amide bonds. The molecule has 0 aliphatic carbocycles. The van der Waals surface area contributed by atoms with E-state index in [9.17, 15) is 21.6 Å². The Morgan fingerprint density at radius 2 is 1.52 bits per heavy atom. The van der Waals surface area contributed by atoms with E-state index < -0.39 is 26.1 Å². The molecule has 3 aromatic carbocycles. The van der Waals surface area contributed by atoms with Crippen molar-refractivity contribution >= 4 is 31.6 Å². The Bertz CT molecular complexity index is 1370. The van der Waals surface area contributed by atoms with Crippen molar-refractivity contribution in [2.45, 2.75) is 29.7 Å². The molecule has 10 heteroatoms. The number of sulfonamides is 2. The molecule has 0 heterocycles. The third-order valence-corrected chi connectivity index (χ3v) is 7.59. The third kappa shape index (κ3) is 5.78. The van der Waals surface area contributed by atoms with Crippen LogP contribution in [-0.4, -0.2) is 34.7 Å². The number of nitrogens with one attached hydrogen (secondary N) is 1. The molecular formula is C23H25N3O5S2. The van der Waals surface area contributed by atoms with Crippen molar-refractivity contribution in [2.24, 2.45) is 5.14 Å². The van der Waals surface area contributed by atoms with E-state index in [1.807, 2.05) is 6.92 Å². The Hall–Kier alpha value is -3.21. The summed E-state index contributed by atoms with van der Waals surface area (Å²) >= 11 is 0. The molecule has 3 aromatic rings. The molecule has 1 unspecified atom stereocenters. The predicted molar refractivity (Wildman–Crippen MR) is 127 cm³/mol. The SMILES string of the molecule is Cc1ccc(NS(=O)(=O)c2ccc(C(=O)N(C)C(C)c3cccc(S(N)(=O)=O)c3)cc2)cc1. The molecule has 3 rings (SSSR count). The molecule has 0 fully saturated rings. The standard InChI is InChI=1S/C23H25N3O5S2/c1-16-7-11-20(12-8-16)25-33(30,31)21-13-9-18(10-14-21)23(27)26(3)17(2)19-5-4-6-22(15-19)32(24,28)29/h4-15,17,25H,1-3H3,(H2,24,28,29). The van der Waals surface area contributed by atoms with Crippen LogP contribution in [0.5, 0.6) is 0 Å². The molecule has 174 valence electrons. The molecule has 8 nitrogen and oxygen atoms in total. The topological polar surface area (TPSA) is 127 Å². The number of anilines is 1. The molecule has 0 spiro atoms. The summed E-state index contributed by atoms with van der Waals surface area (Å²) in [6, 6.07) is 18.2. The molecule has 0 aliphatic heterocycles. The Morgan fingerprint density at radius 1 is 0.909 bits per heavy atom. The summed E-state index contributed by atoms with van der Waals surface area (Å²) in [6.07, 6.45) is 0. The monoisotopic (exact) mass is 487 g/mol. The van der Waals surface area contributed by atoms with Crippen LogP contribution < -0.4 is 9.86 Å². The Kier molecular flexibility index (Phi) is 6.92. The quantitative estimate of drug-likeness (QED) is 0.529. The van der Waals surface area contributed by atoms with E-state index in [0.29, 0.717) is 16.8 Å². The Labute approximate surface area is 194 Å². The van der Waals surface area contributed by atoms with Gasteiger partial charge in [0.2, 0.25) is 10.0 Å². The van der Waals surface area contributed by atoms with Gasteiger partial charge in [0.25, 0.3) is 15.9 Å². The fourth-order valence-corrected chi connectivity index (χ4v) is 4.79.